The summed E-state index contributed by atoms with van der Waals surface area (Å²) in [6.45, 7) is 1.73. The second-order valence-electron chi connectivity index (χ2n) is 7.44. The van der Waals surface area contributed by atoms with E-state index in [4.69, 9.17) is 16.3 Å². The highest BCUT2D eigenvalue weighted by Gasteiger charge is 2.12. The molecular weight excluding hydrogens is 469 g/mol. The van der Waals surface area contributed by atoms with Crippen LogP contribution in [0.5, 0.6) is 5.75 Å². The lowest BCUT2D eigenvalue weighted by atomic mass is 10.1. The number of amides is 2. The number of carbonyl (C=O) groups excluding carboxylic acids is 1. The minimum atomic E-state index is -0.631. The molecule has 0 fully saturated rings. The van der Waals surface area contributed by atoms with E-state index < -0.39 is 6.03 Å². The van der Waals surface area contributed by atoms with Gasteiger partial charge in [0.05, 0.1) is 24.2 Å². The molecule has 0 radical (unpaired) electrons. The molecule has 0 spiro atoms. The Hall–Kier alpha value is -4.30. The quantitative estimate of drug-likeness (QED) is 0.251. The van der Waals surface area contributed by atoms with Crippen molar-refractivity contribution in [3.05, 3.63) is 95.3 Å². The van der Waals surface area contributed by atoms with E-state index in [1.165, 1.54) is 12.1 Å². The lowest BCUT2D eigenvalue weighted by Crippen LogP contribution is -2.26. The van der Waals surface area contributed by atoms with Gasteiger partial charge in [-0.15, -0.1) is 0 Å². The van der Waals surface area contributed by atoms with Crippen molar-refractivity contribution >= 4 is 29.3 Å². The van der Waals surface area contributed by atoms with Crippen LogP contribution < -0.4 is 15.5 Å². The SMILES string of the molecule is COc1ccc(-c2cc(-c3ccc(F)cc3)nc(NC(=O)N/N=C(/C)c3ccccc3Cl)n2)cc1. The molecule has 0 aliphatic rings. The van der Waals surface area contributed by atoms with Crippen LogP contribution in [0.4, 0.5) is 15.1 Å². The Morgan fingerprint density at radius 2 is 1.54 bits per heavy atom. The normalized spacial score (nSPS) is 11.1. The smallest absolute Gasteiger partial charge is 0.342 e. The lowest BCUT2D eigenvalue weighted by Gasteiger charge is -2.10. The summed E-state index contributed by atoms with van der Waals surface area (Å²) in [6, 6.07) is 21.5. The third kappa shape index (κ3) is 5.99. The van der Waals surface area contributed by atoms with E-state index in [2.05, 4.69) is 25.8 Å². The highest BCUT2D eigenvalue weighted by Crippen LogP contribution is 2.27. The van der Waals surface area contributed by atoms with Crippen LogP contribution in [0.3, 0.4) is 0 Å². The standard InChI is InChI=1S/C26H21ClFN5O2/c1-16(21-5-3-4-6-22(21)27)32-33-26(34)31-25-29-23(17-7-11-19(28)12-8-17)15-24(30-25)18-9-13-20(35-2)14-10-18/h3-15H,1-2H3,(H2,29,30,31,33,34)/b32-16-. The summed E-state index contributed by atoms with van der Waals surface area (Å²) >= 11 is 6.18. The summed E-state index contributed by atoms with van der Waals surface area (Å²) in [5, 5.41) is 7.23. The van der Waals surface area contributed by atoms with E-state index >= 15 is 0 Å². The molecule has 4 aromatic rings. The van der Waals surface area contributed by atoms with Gasteiger partial charge < -0.3 is 4.74 Å². The van der Waals surface area contributed by atoms with E-state index in [0.29, 0.717) is 39.0 Å². The molecule has 1 aromatic heterocycles. The average Bonchev–Trinajstić information content (AvgIpc) is 2.88. The summed E-state index contributed by atoms with van der Waals surface area (Å²) in [6.07, 6.45) is 0. The minimum absolute atomic E-state index is 0.0562. The first kappa shape index (κ1) is 23.8. The molecule has 0 saturated heterocycles. The molecule has 0 bridgehead atoms. The zero-order chi connectivity index (χ0) is 24.8. The Labute approximate surface area is 206 Å². The fraction of sp³-hybridized carbons (Fsp3) is 0.0769. The number of halogens is 2. The maximum atomic E-state index is 13.4. The summed E-state index contributed by atoms with van der Waals surface area (Å²) in [7, 11) is 1.59. The molecule has 0 aliphatic carbocycles. The molecule has 7 nitrogen and oxygen atoms in total. The van der Waals surface area contributed by atoms with Crippen LogP contribution in [0, 0.1) is 5.82 Å². The zero-order valence-corrected chi connectivity index (χ0v) is 19.7. The van der Waals surface area contributed by atoms with Gasteiger partial charge in [0.25, 0.3) is 0 Å². The largest absolute Gasteiger partial charge is 0.497 e. The van der Waals surface area contributed by atoms with Crippen LogP contribution >= 0.6 is 11.6 Å². The van der Waals surface area contributed by atoms with Gasteiger partial charge in [-0.1, -0.05) is 29.8 Å². The number of carbonyl (C=O) groups is 1. The molecular formula is C26H21ClFN5O2. The van der Waals surface area contributed by atoms with Crippen molar-refractivity contribution in [2.75, 3.05) is 12.4 Å². The van der Waals surface area contributed by atoms with Crippen molar-refractivity contribution in [1.82, 2.24) is 15.4 Å². The number of urea groups is 1. The van der Waals surface area contributed by atoms with E-state index in [1.807, 2.05) is 24.3 Å². The van der Waals surface area contributed by atoms with Crippen molar-refractivity contribution in [2.24, 2.45) is 5.10 Å². The van der Waals surface area contributed by atoms with E-state index in [-0.39, 0.29) is 11.8 Å². The molecule has 0 unspecified atom stereocenters. The van der Waals surface area contributed by atoms with Crippen molar-refractivity contribution < 1.29 is 13.9 Å². The number of benzene rings is 3. The van der Waals surface area contributed by atoms with Crippen LogP contribution in [0.15, 0.2) is 84.0 Å². The molecule has 2 N–H and O–H groups in total. The Morgan fingerprint density at radius 1 is 0.943 bits per heavy atom. The van der Waals surface area contributed by atoms with Gasteiger partial charge in [-0.3, -0.25) is 5.32 Å². The molecule has 35 heavy (non-hydrogen) atoms. The van der Waals surface area contributed by atoms with Crippen molar-refractivity contribution in [3.8, 4) is 28.3 Å². The first-order valence-electron chi connectivity index (χ1n) is 10.6. The molecule has 0 aliphatic heterocycles. The molecule has 4 rings (SSSR count). The third-order valence-electron chi connectivity index (χ3n) is 5.07. The third-order valence-corrected chi connectivity index (χ3v) is 5.40. The van der Waals surface area contributed by atoms with E-state index in [1.54, 1.807) is 56.5 Å². The number of methoxy groups -OCH3 is 1. The van der Waals surface area contributed by atoms with Gasteiger partial charge >= 0.3 is 6.03 Å². The molecule has 1 heterocycles. The maximum absolute atomic E-state index is 13.4. The molecule has 3 aromatic carbocycles. The lowest BCUT2D eigenvalue weighted by molar-refractivity contribution is 0.252. The van der Waals surface area contributed by atoms with Gasteiger partial charge in [-0.05, 0) is 67.6 Å². The van der Waals surface area contributed by atoms with Crippen molar-refractivity contribution in [3.63, 3.8) is 0 Å². The Bertz CT molecular complexity index is 1380. The van der Waals surface area contributed by atoms with Crippen LogP contribution in [-0.2, 0) is 0 Å². The number of nitrogens with one attached hydrogen (secondary N) is 2. The molecule has 2 amide bonds. The molecule has 0 atom stereocenters. The first-order valence-corrected chi connectivity index (χ1v) is 11.0. The summed E-state index contributed by atoms with van der Waals surface area (Å²) < 4.78 is 18.7. The second kappa shape index (κ2) is 10.8. The fourth-order valence-electron chi connectivity index (χ4n) is 3.26. The fourth-order valence-corrected chi connectivity index (χ4v) is 3.53. The Morgan fingerprint density at radius 3 is 2.14 bits per heavy atom. The van der Waals surface area contributed by atoms with Crippen molar-refractivity contribution in [1.29, 1.82) is 0 Å². The summed E-state index contributed by atoms with van der Waals surface area (Å²) in [5.41, 5.74) is 6.19. The first-order chi connectivity index (χ1) is 16.9. The number of hydrogen-bond acceptors (Lipinski definition) is 5. The van der Waals surface area contributed by atoms with Gasteiger partial charge in [-0.2, -0.15) is 5.10 Å². The predicted molar refractivity (Wildman–Crippen MR) is 135 cm³/mol. The number of hydrazone groups is 1. The number of ether oxygens (including phenoxy) is 1. The topological polar surface area (TPSA) is 88.5 Å². The molecule has 176 valence electrons. The number of rotatable bonds is 6. The summed E-state index contributed by atoms with van der Waals surface area (Å²) in [4.78, 5) is 21.5. The van der Waals surface area contributed by atoms with Crippen LogP contribution in [0.1, 0.15) is 12.5 Å². The van der Waals surface area contributed by atoms with Gasteiger partial charge in [0, 0.05) is 21.7 Å². The van der Waals surface area contributed by atoms with E-state index in [9.17, 15) is 9.18 Å². The van der Waals surface area contributed by atoms with E-state index in [0.717, 1.165) is 5.56 Å². The second-order valence-corrected chi connectivity index (χ2v) is 7.85. The molecule has 0 saturated carbocycles. The average molecular weight is 490 g/mol. The monoisotopic (exact) mass is 489 g/mol. The van der Waals surface area contributed by atoms with Gasteiger partial charge in [0.15, 0.2) is 0 Å². The molecule has 9 heteroatoms. The maximum Gasteiger partial charge on any atom is 0.342 e. The zero-order valence-electron chi connectivity index (χ0n) is 18.9. The van der Waals surface area contributed by atoms with Crippen LogP contribution in [0.2, 0.25) is 5.02 Å². The number of anilines is 1. The highest BCUT2D eigenvalue weighted by molar-refractivity contribution is 6.34. The summed E-state index contributed by atoms with van der Waals surface area (Å²) in [5.74, 6) is 0.398. The van der Waals surface area contributed by atoms with Crippen LogP contribution in [-0.4, -0.2) is 28.8 Å². The predicted octanol–water partition coefficient (Wildman–Crippen LogP) is 6.16. The number of hydrogen-bond donors (Lipinski definition) is 2. The number of aromatic nitrogens is 2. The Kier molecular flexibility index (Phi) is 7.32. The van der Waals surface area contributed by atoms with Crippen molar-refractivity contribution in [2.45, 2.75) is 6.92 Å². The highest BCUT2D eigenvalue weighted by atomic mass is 35.5. The van der Waals surface area contributed by atoms with Gasteiger partial charge in [0.2, 0.25) is 5.95 Å². The Balaban J connectivity index is 1.62. The minimum Gasteiger partial charge on any atom is -0.497 e. The van der Waals surface area contributed by atoms with Gasteiger partial charge in [-0.25, -0.2) is 24.6 Å². The van der Waals surface area contributed by atoms with Crippen LogP contribution in [0.25, 0.3) is 22.5 Å². The van der Waals surface area contributed by atoms with Gasteiger partial charge in [0.1, 0.15) is 11.6 Å². The number of nitrogens with zero attached hydrogens (tertiary/aromatic N) is 3.